The van der Waals surface area contributed by atoms with Crippen LogP contribution in [0.2, 0.25) is 0 Å². The van der Waals surface area contributed by atoms with Crippen LogP contribution in [-0.4, -0.2) is 33.7 Å². The third-order valence-corrected chi connectivity index (χ3v) is 2.29. The van der Waals surface area contributed by atoms with E-state index in [1.165, 1.54) is 12.1 Å². The van der Waals surface area contributed by atoms with Gasteiger partial charge in [0.2, 0.25) is 0 Å². The smallest absolute Gasteiger partial charge is 0.358 e. The molecule has 0 aromatic heterocycles. The molecule has 1 amide bonds. The summed E-state index contributed by atoms with van der Waals surface area (Å²) < 4.78 is 0. The van der Waals surface area contributed by atoms with Crippen molar-refractivity contribution in [1.82, 2.24) is 5.32 Å². The first-order valence-corrected chi connectivity index (χ1v) is 4.92. The molecule has 0 saturated carbocycles. The molecule has 1 aromatic rings. The number of alkyl halides is 1. The van der Waals surface area contributed by atoms with Gasteiger partial charge in [0.05, 0.1) is 5.88 Å². The summed E-state index contributed by atoms with van der Waals surface area (Å²) in [6.45, 7) is 0. The molecular weight excluding hydrogens is 234 g/mol. The van der Waals surface area contributed by atoms with Crippen molar-refractivity contribution < 1.29 is 19.8 Å². The lowest BCUT2D eigenvalue weighted by molar-refractivity contribution is -0.158. The number of carbonyl (C=O) groups is 2. The summed E-state index contributed by atoms with van der Waals surface area (Å²) >= 11 is 5.29. The number of benzene rings is 1. The molecule has 1 unspecified atom stereocenters. The zero-order valence-corrected chi connectivity index (χ0v) is 8.94. The Hall–Kier alpha value is -1.59. The van der Waals surface area contributed by atoms with E-state index in [9.17, 15) is 14.7 Å². The number of aliphatic hydroxyl groups is 1. The van der Waals surface area contributed by atoms with Gasteiger partial charge in [-0.1, -0.05) is 18.2 Å². The van der Waals surface area contributed by atoms with Crippen molar-refractivity contribution in [3.05, 3.63) is 35.9 Å². The van der Waals surface area contributed by atoms with Crippen molar-refractivity contribution in [3.8, 4) is 0 Å². The van der Waals surface area contributed by atoms with Crippen LogP contribution >= 0.6 is 11.6 Å². The molecule has 0 bridgehead atoms. The second-order valence-electron chi connectivity index (χ2n) is 3.12. The van der Waals surface area contributed by atoms with Crippen LogP contribution in [0.3, 0.4) is 0 Å². The first-order chi connectivity index (χ1) is 7.49. The molecule has 6 heteroatoms. The van der Waals surface area contributed by atoms with Crippen LogP contribution in [0.4, 0.5) is 0 Å². The summed E-state index contributed by atoms with van der Waals surface area (Å²) in [5, 5.41) is 20.1. The van der Waals surface area contributed by atoms with Crippen LogP contribution in [0, 0.1) is 0 Å². The zero-order valence-electron chi connectivity index (χ0n) is 8.18. The Balaban J connectivity index is 2.82. The third-order valence-electron chi connectivity index (χ3n) is 1.90. The first-order valence-electron chi connectivity index (χ1n) is 4.39. The normalized spacial score (nSPS) is 13.9. The number of halogens is 1. The molecule has 0 saturated heterocycles. The van der Waals surface area contributed by atoms with Gasteiger partial charge in [0.1, 0.15) is 0 Å². The van der Waals surface area contributed by atoms with Crippen molar-refractivity contribution in [2.45, 2.75) is 5.72 Å². The maximum Gasteiger partial charge on any atom is 0.358 e. The highest BCUT2D eigenvalue weighted by Crippen LogP contribution is 2.06. The molecule has 0 radical (unpaired) electrons. The van der Waals surface area contributed by atoms with E-state index in [-0.39, 0.29) is 5.56 Å². The summed E-state index contributed by atoms with van der Waals surface area (Å²) in [4.78, 5) is 22.2. The fraction of sp³-hybridized carbons (Fsp3) is 0.200. The lowest BCUT2D eigenvalue weighted by atomic mass is 10.2. The SMILES string of the molecule is O=C(NC(O)(CCl)C(=O)O)c1ccccc1. The molecule has 0 aliphatic rings. The van der Waals surface area contributed by atoms with Crippen LogP contribution in [0.15, 0.2) is 30.3 Å². The Labute approximate surface area is 96.7 Å². The predicted octanol–water partition coefficient (Wildman–Crippen LogP) is 0.428. The number of amides is 1. The quantitative estimate of drug-likeness (QED) is 0.529. The average molecular weight is 244 g/mol. The van der Waals surface area contributed by atoms with E-state index in [0.717, 1.165) is 0 Å². The molecule has 1 aromatic carbocycles. The van der Waals surface area contributed by atoms with Gasteiger partial charge < -0.3 is 15.5 Å². The Morgan fingerprint density at radius 2 is 1.88 bits per heavy atom. The molecule has 1 rings (SSSR count). The number of carbonyl (C=O) groups excluding carboxylic acids is 1. The largest absolute Gasteiger partial charge is 0.478 e. The number of aliphatic carboxylic acids is 1. The van der Waals surface area contributed by atoms with Gasteiger partial charge in [0, 0.05) is 5.56 Å². The van der Waals surface area contributed by atoms with E-state index in [2.05, 4.69) is 0 Å². The van der Waals surface area contributed by atoms with Gasteiger partial charge in [0.25, 0.3) is 11.6 Å². The molecule has 0 heterocycles. The van der Waals surface area contributed by atoms with Gasteiger partial charge in [-0.3, -0.25) is 4.79 Å². The summed E-state index contributed by atoms with van der Waals surface area (Å²) in [6, 6.07) is 7.93. The van der Waals surface area contributed by atoms with E-state index in [1.54, 1.807) is 18.2 Å². The van der Waals surface area contributed by atoms with Crippen molar-refractivity contribution in [2.75, 3.05) is 5.88 Å². The van der Waals surface area contributed by atoms with E-state index in [0.29, 0.717) is 0 Å². The van der Waals surface area contributed by atoms with Gasteiger partial charge in [-0.2, -0.15) is 0 Å². The highest BCUT2D eigenvalue weighted by Gasteiger charge is 2.37. The maximum atomic E-state index is 11.5. The lowest BCUT2D eigenvalue weighted by Crippen LogP contribution is -2.56. The van der Waals surface area contributed by atoms with Crippen LogP contribution in [0.5, 0.6) is 0 Å². The highest BCUT2D eigenvalue weighted by molar-refractivity contribution is 6.20. The molecular formula is C10H10ClNO4. The Bertz CT molecular complexity index is 395. The van der Waals surface area contributed by atoms with Crippen LogP contribution in [0.1, 0.15) is 10.4 Å². The second kappa shape index (κ2) is 4.96. The van der Waals surface area contributed by atoms with Gasteiger partial charge in [-0.05, 0) is 12.1 Å². The van der Waals surface area contributed by atoms with Crippen LogP contribution < -0.4 is 5.32 Å². The number of carboxylic acids is 1. The number of hydrogen-bond donors (Lipinski definition) is 3. The Kier molecular flexibility index (Phi) is 3.87. The van der Waals surface area contributed by atoms with Gasteiger partial charge in [-0.15, -0.1) is 11.6 Å². The Morgan fingerprint density at radius 3 is 2.31 bits per heavy atom. The molecule has 1 atom stereocenters. The summed E-state index contributed by atoms with van der Waals surface area (Å²) in [7, 11) is 0. The van der Waals surface area contributed by atoms with Gasteiger partial charge in [-0.25, -0.2) is 4.79 Å². The number of nitrogens with one attached hydrogen (secondary N) is 1. The fourth-order valence-corrected chi connectivity index (χ4v) is 1.17. The Morgan fingerprint density at radius 1 is 1.31 bits per heavy atom. The topological polar surface area (TPSA) is 86.6 Å². The van der Waals surface area contributed by atoms with Crippen molar-refractivity contribution in [2.24, 2.45) is 0 Å². The summed E-state index contributed by atoms with van der Waals surface area (Å²) in [6.07, 6.45) is 0. The lowest BCUT2D eigenvalue weighted by Gasteiger charge is -2.21. The van der Waals surface area contributed by atoms with Gasteiger partial charge >= 0.3 is 5.97 Å². The number of carboxylic acid groups (broad SMARTS) is 1. The molecule has 0 aliphatic carbocycles. The molecule has 16 heavy (non-hydrogen) atoms. The highest BCUT2D eigenvalue weighted by atomic mass is 35.5. The second-order valence-corrected chi connectivity index (χ2v) is 3.39. The van der Waals surface area contributed by atoms with E-state index in [1.807, 2.05) is 5.32 Å². The zero-order chi connectivity index (χ0) is 12.2. The van der Waals surface area contributed by atoms with Crippen molar-refractivity contribution >= 4 is 23.5 Å². The van der Waals surface area contributed by atoms with Crippen molar-refractivity contribution in [3.63, 3.8) is 0 Å². The fourth-order valence-electron chi connectivity index (χ4n) is 0.994. The minimum atomic E-state index is -2.45. The number of rotatable bonds is 4. The molecule has 0 spiro atoms. The summed E-state index contributed by atoms with van der Waals surface area (Å²) in [5.41, 5.74) is -2.21. The summed E-state index contributed by atoms with van der Waals surface area (Å²) in [5.74, 6) is -2.95. The monoisotopic (exact) mass is 243 g/mol. The molecule has 86 valence electrons. The minimum Gasteiger partial charge on any atom is -0.478 e. The van der Waals surface area contributed by atoms with E-state index >= 15 is 0 Å². The maximum absolute atomic E-state index is 11.5. The minimum absolute atomic E-state index is 0.243. The third kappa shape index (κ3) is 2.71. The van der Waals surface area contributed by atoms with E-state index < -0.39 is 23.5 Å². The van der Waals surface area contributed by atoms with Crippen LogP contribution in [0.25, 0.3) is 0 Å². The predicted molar refractivity (Wildman–Crippen MR) is 57.2 cm³/mol. The van der Waals surface area contributed by atoms with Crippen LogP contribution in [-0.2, 0) is 4.79 Å². The van der Waals surface area contributed by atoms with E-state index in [4.69, 9.17) is 16.7 Å². The van der Waals surface area contributed by atoms with Crippen molar-refractivity contribution in [1.29, 1.82) is 0 Å². The molecule has 0 fully saturated rings. The molecule has 5 nitrogen and oxygen atoms in total. The average Bonchev–Trinajstić information content (AvgIpc) is 2.29. The van der Waals surface area contributed by atoms with Gasteiger partial charge in [0.15, 0.2) is 0 Å². The molecule has 0 aliphatic heterocycles. The number of hydrogen-bond acceptors (Lipinski definition) is 3. The molecule has 3 N–H and O–H groups in total. The first kappa shape index (κ1) is 12.5. The standard InChI is InChI=1S/C10H10ClNO4/c11-6-10(16,9(14)15)12-8(13)7-4-2-1-3-5-7/h1-5,16H,6H2,(H,12,13)(H,14,15).